The fourth-order valence-corrected chi connectivity index (χ4v) is 4.20. The molecule has 0 aliphatic heterocycles. The van der Waals surface area contributed by atoms with Gasteiger partial charge in [0.1, 0.15) is 0 Å². The summed E-state index contributed by atoms with van der Waals surface area (Å²) in [7, 11) is 0. The lowest BCUT2D eigenvalue weighted by Gasteiger charge is -2.51. The van der Waals surface area contributed by atoms with Crippen molar-refractivity contribution in [3.63, 3.8) is 0 Å². The van der Waals surface area contributed by atoms with E-state index in [1.807, 2.05) is 0 Å². The monoisotopic (exact) mass is 250 g/mol. The largest absolute Gasteiger partial charge is 0.329 e. The summed E-state index contributed by atoms with van der Waals surface area (Å²) in [5.41, 5.74) is 7.11. The Morgan fingerprint density at radius 2 is 1.83 bits per heavy atom. The van der Waals surface area contributed by atoms with Gasteiger partial charge in [-0.05, 0) is 56.3 Å². The summed E-state index contributed by atoms with van der Waals surface area (Å²) in [6, 6.07) is 0.878. The fraction of sp³-hybridized carbons (Fsp3) is 1.00. The highest BCUT2D eigenvalue weighted by atomic mass is 15.3. The van der Waals surface area contributed by atoms with E-state index in [1.54, 1.807) is 0 Å². The standard InChI is InChI=1S/C16H30N2/c1-15(2)8-3-9-16(11-15,12-17)18(14-6-7-14)10-13-4-5-13/h13-14H,3-12,17H2,1-2H3. The average molecular weight is 250 g/mol. The smallest absolute Gasteiger partial charge is 0.0339 e. The molecule has 2 heteroatoms. The van der Waals surface area contributed by atoms with Crippen molar-refractivity contribution in [2.24, 2.45) is 17.1 Å². The Morgan fingerprint density at radius 3 is 2.33 bits per heavy atom. The van der Waals surface area contributed by atoms with Crippen LogP contribution in [-0.4, -0.2) is 29.6 Å². The Hall–Kier alpha value is -0.0800. The van der Waals surface area contributed by atoms with E-state index in [9.17, 15) is 0 Å². The maximum Gasteiger partial charge on any atom is 0.0339 e. The molecule has 2 N–H and O–H groups in total. The summed E-state index contributed by atoms with van der Waals surface area (Å²) in [5.74, 6) is 0.999. The molecule has 0 saturated heterocycles. The van der Waals surface area contributed by atoms with Crippen LogP contribution in [0.5, 0.6) is 0 Å². The van der Waals surface area contributed by atoms with Gasteiger partial charge in [0, 0.05) is 24.7 Å². The highest BCUT2D eigenvalue weighted by molar-refractivity contribution is 5.05. The summed E-state index contributed by atoms with van der Waals surface area (Å²) < 4.78 is 0. The van der Waals surface area contributed by atoms with Crippen molar-refractivity contribution in [1.82, 2.24) is 4.90 Å². The van der Waals surface area contributed by atoms with Crippen LogP contribution in [0.25, 0.3) is 0 Å². The predicted molar refractivity (Wildman–Crippen MR) is 76.5 cm³/mol. The third-order valence-corrected chi connectivity index (χ3v) is 5.43. The van der Waals surface area contributed by atoms with Crippen LogP contribution in [0.4, 0.5) is 0 Å². The first-order chi connectivity index (χ1) is 8.55. The van der Waals surface area contributed by atoms with E-state index in [1.165, 1.54) is 57.9 Å². The first-order valence-corrected chi connectivity index (χ1v) is 8.02. The van der Waals surface area contributed by atoms with Gasteiger partial charge < -0.3 is 5.73 Å². The quantitative estimate of drug-likeness (QED) is 0.812. The summed E-state index contributed by atoms with van der Waals surface area (Å²) >= 11 is 0. The van der Waals surface area contributed by atoms with Crippen molar-refractivity contribution >= 4 is 0 Å². The van der Waals surface area contributed by atoms with E-state index < -0.39 is 0 Å². The van der Waals surface area contributed by atoms with E-state index in [-0.39, 0.29) is 0 Å². The van der Waals surface area contributed by atoms with Gasteiger partial charge in [0.15, 0.2) is 0 Å². The molecule has 18 heavy (non-hydrogen) atoms. The Bertz CT molecular complexity index is 304. The van der Waals surface area contributed by atoms with Gasteiger partial charge in [0.25, 0.3) is 0 Å². The SMILES string of the molecule is CC1(C)CCCC(CN)(N(CC2CC2)C2CC2)C1. The molecule has 1 atom stereocenters. The molecule has 3 saturated carbocycles. The number of hydrogen-bond acceptors (Lipinski definition) is 2. The Kier molecular flexibility index (Phi) is 3.22. The van der Waals surface area contributed by atoms with Gasteiger partial charge in [-0.2, -0.15) is 0 Å². The third-order valence-electron chi connectivity index (χ3n) is 5.43. The third kappa shape index (κ3) is 2.60. The molecule has 3 aliphatic carbocycles. The molecular formula is C16H30N2. The van der Waals surface area contributed by atoms with Gasteiger partial charge in [0.05, 0.1) is 0 Å². The van der Waals surface area contributed by atoms with Gasteiger partial charge in [-0.25, -0.2) is 0 Å². The molecule has 3 fully saturated rings. The van der Waals surface area contributed by atoms with Crippen molar-refractivity contribution in [2.75, 3.05) is 13.1 Å². The van der Waals surface area contributed by atoms with Crippen molar-refractivity contribution in [2.45, 2.75) is 76.8 Å². The zero-order valence-corrected chi connectivity index (χ0v) is 12.3. The van der Waals surface area contributed by atoms with Gasteiger partial charge in [-0.15, -0.1) is 0 Å². The average Bonchev–Trinajstić information content (AvgIpc) is 3.15. The van der Waals surface area contributed by atoms with E-state index in [4.69, 9.17) is 5.73 Å². The van der Waals surface area contributed by atoms with Crippen LogP contribution in [0.15, 0.2) is 0 Å². The second-order valence-corrected chi connectivity index (χ2v) is 7.95. The lowest BCUT2D eigenvalue weighted by Crippen LogP contribution is -2.59. The molecule has 0 bridgehead atoms. The maximum atomic E-state index is 6.28. The first-order valence-electron chi connectivity index (χ1n) is 8.02. The molecule has 104 valence electrons. The molecule has 1 unspecified atom stereocenters. The van der Waals surface area contributed by atoms with Crippen molar-refractivity contribution in [1.29, 1.82) is 0 Å². The molecule has 3 aliphatic rings. The van der Waals surface area contributed by atoms with Gasteiger partial charge in [0.2, 0.25) is 0 Å². The van der Waals surface area contributed by atoms with E-state index in [0.717, 1.165) is 18.5 Å². The minimum Gasteiger partial charge on any atom is -0.329 e. The second kappa shape index (κ2) is 4.49. The number of hydrogen-bond donors (Lipinski definition) is 1. The minimum atomic E-state index is 0.339. The lowest BCUT2D eigenvalue weighted by atomic mass is 9.67. The minimum absolute atomic E-state index is 0.339. The molecule has 0 aromatic heterocycles. The summed E-state index contributed by atoms with van der Waals surface area (Å²) in [5, 5.41) is 0. The number of nitrogens with two attached hydrogens (primary N) is 1. The number of rotatable bonds is 5. The van der Waals surface area contributed by atoms with Crippen molar-refractivity contribution in [3.8, 4) is 0 Å². The van der Waals surface area contributed by atoms with Gasteiger partial charge in [-0.1, -0.05) is 20.3 Å². The second-order valence-electron chi connectivity index (χ2n) is 7.95. The number of nitrogens with zero attached hydrogens (tertiary/aromatic N) is 1. The summed E-state index contributed by atoms with van der Waals surface area (Å²) in [6.45, 7) is 7.11. The molecule has 0 aromatic rings. The predicted octanol–water partition coefficient (Wildman–Crippen LogP) is 3.16. The van der Waals surface area contributed by atoms with Gasteiger partial charge in [-0.3, -0.25) is 4.90 Å². The van der Waals surface area contributed by atoms with Crippen LogP contribution >= 0.6 is 0 Å². The molecular weight excluding hydrogens is 220 g/mol. The van der Waals surface area contributed by atoms with Crippen LogP contribution < -0.4 is 5.73 Å². The molecule has 0 aromatic carbocycles. The maximum absolute atomic E-state index is 6.28. The summed E-state index contributed by atoms with van der Waals surface area (Å²) in [6.07, 6.45) is 11.2. The van der Waals surface area contributed by atoms with E-state index in [0.29, 0.717) is 11.0 Å². The van der Waals surface area contributed by atoms with Crippen molar-refractivity contribution < 1.29 is 0 Å². The van der Waals surface area contributed by atoms with Crippen LogP contribution in [0.1, 0.15) is 65.2 Å². The van der Waals surface area contributed by atoms with E-state index in [2.05, 4.69) is 18.7 Å². The topological polar surface area (TPSA) is 29.3 Å². The van der Waals surface area contributed by atoms with Crippen molar-refractivity contribution in [3.05, 3.63) is 0 Å². The molecule has 0 amide bonds. The zero-order chi connectivity index (χ0) is 12.8. The van der Waals surface area contributed by atoms with Crippen LogP contribution in [0, 0.1) is 11.3 Å². The Balaban J connectivity index is 1.78. The molecule has 0 radical (unpaired) electrons. The summed E-state index contributed by atoms with van der Waals surface area (Å²) in [4.78, 5) is 2.87. The van der Waals surface area contributed by atoms with Crippen LogP contribution in [0.2, 0.25) is 0 Å². The molecule has 3 rings (SSSR count). The normalized spacial score (nSPS) is 36.0. The zero-order valence-electron chi connectivity index (χ0n) is 12.3. The molecule has 2 nitrogen and oxygen atoms in total. The Morgan fingerprint density at radius 1 is 1.11 bits per heavy atom. The molecule has 0 spiro atoms. The van der Waals surface area contributed by atoms with E-state index >= 15 is 0 Å². The van der Waals surface area contributed by atoms with Crippen LogP contribution in [0.3, 0.4) is 0 Å². The first kappa shape index (κ1) is 12.9. The highest BCUT2D eigenvalue weighted by Gasteiger charge is 2.49. The van der Waals surface area contributed by atoms with Crippen LogP contribution in [-0.2, 0) is 0 Å². The molecule has 0 heterocycles. The lowest BCUT2D eigenvalue weighted by molar-refractivity contribution is 0.000722. The Labute approximate surface area is 112 Å². The van der Waals surface area contributed by atoms with Gasteiger partial charge >= 0.3 is 0 Å². The fourth-order valence-electron chi connectivity index (χ4n) is 4.20. The highest BCUT2D eigenvalue weighted by Crippen LogP contribution is 2.48.